The number of anilines is 1. The molecule has 0 saturated heterocycles. The Labute approximate surface area is 99.0 Å². The smallest absolute Gasteiger partial charge is 0.230 e. The van der Waals surface area contributed by atoms with Crippen molar-refractivity contribution in [3.05, 3.63) is 29.8 Å². The third-order valence-corrected chi connectivity index (χ3v) is 3.67. The second-order valence-electron chi connectivity index (χ2n) is 4.54. The molecule has 1 fully saturated rings. The molecule has 2 rings (SSSR count). The highest BCUT2D eigenvalue weighted by atomic mass is 19.2. The lowest BCUT2D eigenvalue weighted by atomic mass is 9.66. The second kappa shape index (κ2) is 4.43. The molecule has 1 saturated carbocycles. The normalized spacial score (nSPS) is 17.4. The summed E-state index contributed by atoms with van der Waals surface area (Å²) >= 11 is 0. The molecule has 1 amide bonds. The van der Waals surface area contributed by atoms with Gasteiger partial charge < -0.3 is 5.32 Å². The fourth-order valence-electron chi connectivity index (χ4n) is 2.20. The summed E-state index contributed by atoms with van der Waals surface area (Å²) in [4.78, 5) is 12.0. The molecule has 2 nitrogen and oxygen atoms in total. The molecule has 0 atom stereocenters. The van der Waals surface area contributed by atoms with E-state index in [0.29, 0.717) is 0 Å². The summed E-state index contributed by atoms with van der Waals surface area (Å²) in [7, 11) is 0. The van der Waals surface area contributed by atoms with Crippen LogP contribution in [0.5, 0.6) is 0 Å². The van der Waals surface area contributed by atoms with Gasteiger partial charge in [-0.1, -0.05) is 19.4 Å². The molecule has 1 aromatic rings. The van der Waals surface area contributed by atoms with Gasteiger partial charge in [-0.05, 0) is 31.4 Å². The SMILES string of the molecule is CCC1(C(=O)Nc2cccc(F)c2F)CCC1. The van der Waals surface area contributed by atoms with Crippen LogP contribution in [0.1, 0.15) is 32.6 Å². The zero-order valence-electron chi connectivity index (χ0n) is 9.72. The van der Waals surface area contributed by atoms with Gasteiger partial charge in [0.1, 0.15) is 0 Å². The van der Waals surface area contributed by atoms with E-state index >= 15 is 0 Å². The van der Waals surface area contributed by atoms with E-state index in [0.717, 1.165) is 31.7 Å². The number of benzene rings is 1. The van der Waals surface area contributed by atoms with Crippen LogP contribution in [0.15, 0.2) is 18.2 Å². The quantitative estimate of drug-likeness (QED) is 0.859. The van der Waals surface area contributed by atoms with Crippen molar-refractivity contribution in [2.24, 2.45) is 5.41 Å². The van der Waals surface area contributed by atoms with E-state index in [4.69, 9.17) is 0 Å². The molecule has 0 spiro atoms. The maximum atomic E-state index is 13.4. The number of rotatable bonds is 3. The van der Waals surface area contributed by atoms with Crippen molar-refractivity contribution in [2.75, 3.05) is 5.32 Å². The van der Waals surface area contributed by atoms with E-state index in [-0.39, 0.29) is 17.0 Å². The monoisotopic (exact) mass is 239 g/mol. The predicted octanol–water partition coefficient (Wildman–Crippen LogP) is 3.48. The fourth-order valence-corrected chi connectivity index (χ4v) is 2.20. The Bertz CT molecular complexity index is 436. The van der Waals surface area contributed by atoms with E-state index in [9.17, 15) is 13.6 Å². The number of nitrogens with one attached hydrogen (secondary N) is 1. The molecule has 1 aliphatic rings. The Kier molecular flexibility index (Phi) is 3.13. The van der Waals surface area contributed by atoms with E-state index < -0.39 is 11.6 Å². The molecule has 0 unspecified atom stereocenters. The van der Waals surface area contributed by atoms with Gasteiger partial charge in [-0.15, -0.1) is 0 Å². The molecule has 0 aromatic heterocycles. The Hall–Kier alpha value is -1.45. The minimum absolute atomic E-state index is 0.0743. The van der Waals surface area contributed by atoms with Crippen molar-refractivity contribution in [2.45, 2.75) is 32.6 Å². The number of carbonyl (C=O) groups excluding carboxylic acids is 1. The molecule has 0 bridgehead atoms. The van der Waals surface area contributed by atoms with Gasteiger partial charge in [0, 0.05) is 5.41 Å². The lowest BCUT2D eigenvalue weighted by Crippen LogP contribution is -2.41. The van der Waals surface area contributed by atoms with Crippen molar-refractivity contribution in [1.29, 1.82) is 0 Å². The first-order valence-corrected chi connectivity index (χ1v) is 5.84. The van der Waals surface area contributed by atoms with Crippen LogP contribution in [-0.4, -0.2) is 5.91 Å². The number of amides is 1. The molecule has 1 aliphatic carbocycles. The molecule has 92 valence electrons. The first kappa shape index (κ1) is 12.0. The largest absolute Gasteiger partial charge is 0.323 e. The third-order valence-electron chi connectivity index (χ3n) is 3.67. The third kappa shape index (κ3) is 2.04. The molecule has 1 aromatic carbocycles. The highest BCUT2D eigenvalue weighted by Crippen LogP contribution is 2.44. The molecular formula is C13H15F2NO. The minimum atomic E-state index is -0.994. The van der Waals surface area contributed by atoms with Crippen LogP contribution in [0.4, 0.5) is 14.5 Å². The van der Waals surface area contributed by atoms with Gasteiger partial charge >= 0.3 is 0 Å². The molecule has 4 heteroatoms. The van der Waals surface area contributed by atoms with Gasteiger partial charge in [0.05, 0.1) is 5.69 Å². The topological polar surface area (TPSA) is 29.1 Å². The Morgan fingerprint density at radius 1 is 1.41 bits per heavy atom. The lowest BCUT2D eigenvalue weighted by molar-refractivity contribution is -0.130. The minimum Gasteiger partial charge on any atom is -0.323 e. The van der Waals surface area contributed by atoms with Gasteiger partial charge in [0.25, 0.3) is 0 Å². The molecule has 1 N–H and O–H groups in total. The Morgan fingerprint density at radius 3 is 2.65 bits per heavy atom. The summed E-state index contributed by atoms with van der Waals surface area (Å²) in [5.41, 5.74) is -0.451. The van der Waals surface area contributed by atoms with Crippen LogP contribution >= 0.6 is 0 Å². The van der Waals surface area contributed by atoms with E-state index in [1.165, 1.54) is 12.1 Å². The van der Waals surface area contributed by atoms with Crippen LogP contribution in [0.2, 0.25) is 0 Å². The lowest BCUT2D eigenvalue weighted by Gasteiger charge is -2.39. The average Bonchev–Trinajstić information content (AvgIpc) is 2.24. The molecular weight excluding hydrogens is 224 g/mol. The fraction of sp³-hybridized carbons (Fsp3) is 0.462. The predicted molar refractivity (Wildman–Crippen MR) is 61.6 cm³/mol. The maximum Gasteiger partial charge on any atom is 0.230 e. The molecule has 0 aliphatic heterocycles. The molecule has 17 heavy (non-hydrogen) atoms. The average molecular weight is 239 g/mol. The zero-order chi connectivity index (χ0) is 12.5. The number of hydrogen-bond donors (Lipinski definition) is 1. The first-order chi connectivity index (χ1) is 8.09. The van der Waals surface area contributed by atoms with Crippen LogP contribution < -0.4 is 5.32 Å². The number of carbonyl (C=O) groups is 1. The van der Waals surface area contributed by atoms with Crippen molar-refractivity contribution in [1.82, 2.24) is 0 Å². The van der Waals surface area contributed by atoms with Crippen molar-refractivity contribution in [3.8, 4) is 0 Å². The summed E-state index contributed by atoms with van der Waals surface area (Å²) in [6.45, 7) is 1.95. The van der Waals surface area contributed by atoms with Crippen LogP contribution in [0.3, 0.4) is 0 Å². The van der Waals surface area contributed by atoms with Crippen LogP contribution in [0, 0.1) is 17.0 Å². The number of halogens is 2. The van der Waals surface area contributed by atoms with Crippen molar-refractivity contribution < 1.29 is 13.6 Å². The van der Waals surface area contributed by atoms with Crippen molar-refractivity contribution >= 4 is 11.6 Å². The highest BCUT2D eigenvalue weighted by molar-refractivity contribution is 5.96. The van der Waals surface area contributed by atoms with E-state index in [2.05, 4.69) is 5.32 Å². The van der Waals surface area contributed by atoms with E-state index in [1.807, 2.05) is 6.92 Å². The summed E-state index contributed by atoms with van der Waals surface area (Å²) in [6, 6.07) is 3.79. The second-order valence-corrected chi connectivity index (χ2v) is 4.54. The summed E-state index contributed by atoms with van der Waals surface area (Å²) in [5.74, 6) is -2.14. The summed E-state index contributed by atoms with van der Waals surface area (Å²) < 4.78 is 26.4. The molecule has 0 heterocycles. The van der Waals surface area contributed by atoms with Gasteiger partial charge in [0.15, 0.2) is 11.6 Å². The van der Waals surface area contributed by atoms with Crippen molar-refractivity contribution in [3.63, 3.8) is 0 Å². The Balaban J connectivity index is 2.16. The van der Waals surface area contributed by atoms with Gasteiger partial charge in [-0.25, -0.2) is 8.78 Å². The summed E-state index contributed by atoms with van der Waals surface area (Å²) in [5, 5.41) is 2.49. The van der Waals surface area contributed by atoms with Crippen LogP contribution in [-0.2, 0) is 4.79 Å². The first-order valence-electron chi connectivity index (χ1n) is 5.84. The van der Waals surface area contributed by atoms with E-state index in [1.54, 1.807) is 0 Å². The highest BCUT2D eigenvalue weighted by Gasteiger charge is 2.42. The van der Waals surface area contributed by atoms with Gasteiger partial charge in [-0.2, -0.15) is 0 Å². The van der Waals surface area contributed by atoms with Gasteiger partial charge in [0.2, 0.25) is 5.91 Å². The zero-order valence-corrected chi connectivity index (χ0v) is 9.72. The number of hydrogen-bond acceptors (Lipinski definition) is 1. The Morgan fingerprint density at radius 2 is 2.12 bits per heavy atom. The summed E-state index contributed by atoms with van der Waals surface area (Å²) in [6.07, 6.45) is 3.40. The standard InChI is InChI=1S/C13H15F2NO/c1-2-13(7-4-8-13)12(17)16-10-6-3-5-9(14)11(10)15/h3,5-6H,2,4,7-8H2,1H3,(H,16,17). The maximum absolute atomic E-state index is 13.4. The molecule has 0 radical (unpaired) electrons. The van der Waals surface area contributed by atoms with Crippen LogP contribution in [0.25, 0.3) is 0 Å². The van der Waals surface area contributed by atoms with Gasteiger partial charge in [-0.3, -0.25) is 4.79 Å².